The molecule has 5 nitrogen and oxygen atoms in total. The smallest absolute Gasteiger partial charge is 0.187 e. The molecule has 1 aromatic rings. The van der Waals surface area contributed by atoms with E-state index in [2.05, 4.69) is 10.3 Å². The second-order valence-electron chi connectivity index (χ2n) is 3.93. The largest absolute Gasteiger partial charge is 0.411 e. The van der Waals surface area contributed by atoms with Crippen molar-refractivity contribution in [2.24, 2.45) is 10.3 Å². The first-order valence-corrected chi connectivity index (χ1v) is 5.27. The highest BCUT2D eigenvalue weighted by Gasteiger charge is 2.32. The average Bonchev–Trinajstić information content (AvgIpc) is 2.38. The highest BCUT2D eigenvalue weighted by Crippen LogP contribution is 2.28. The lowest BCUT2D eigenvalue weighted by Gasteiger charge is -2.22. The standard InChI is InChI=1S/C12H12N2O3/c15-11-7-9(8-4-2-1-3-5-8)6-10(13-16)12(11)14-17/h1-5,9,16-17H,6-7H2/b13-10+,14-12-/t9-/m1/s1. The maximum atomic E-state index is 11.7. The highest BCUT2D eigenvalue weighted by molar-refractivity contribution is 6.68. The third-order valence-corrected chi connectivity index (χ3v) is 2.90. The van der Waals surface area contributed by atoms with Crippen molar-refractivity contribution in [2.45, 2.75) is 18.8 Å². The van der Waals surface area contributed by atoms with Crippen LogP contribution in [-0.2, 0) is 4.79 Å². The predicted octanol–water partition coefficient (Wildman–Crippen LogP) is 1.79. The van der Waals surface area contributed by atoms with Gasteiger partial charge in [-0.05, 0) is 11.5 Å². The molecule has 0 spiro atoms. The topological polar surface area (TPSA) is 82.2 Å². The van der Waals surface area contributed by atoms with Crippen LogP contribution < -0.4 is 0 Å². The number of carbonyl (C=O) groups excluding carboxylic acids is 1. The zero-order valence-electron chi connectivity index (χ0n) is 9.08. The van der Waals surface area contributed by atoms with Crippen LogP contribution in [-0.4, -0.2) is 27.6 Å². The number of benzene rings is 1. The number of carbonyl (C=O) groups is 1. The molecule has 0 amide bonds. The summed E-state index contributed by atoms with van der Waals surface area (Å²) in [7, 11) is 0. The lowest BCUT2D eigenvalue weighted by atomic mass is 9.81. The van der Waals surface area contributed by atoms with Crippen molar-refractivity contribution >= 4 is 17.2 Å². The first kappa shape index (κ1) is 11.3. The van der Waals surface area contributed by atoms with E-state index >= 15 is 0 Å². The van der Waals surface area contributed by atoms with Crippen molar-refractivity contribution in [2.75, 3.05) is 0 Å². The average molecular weight is 232 g/mol. The Labute approximate surface area is 98.1 Å². The SMILES string of the molecule is O=C1C[C@H](c2ccccc2)CC(=N\O)/C1=N/O. The summed E-state index contributed by atoms with van der Waals surface area (Å²) < 4.78 is 0. The summed E-state index contributed by atoms with van der Waals surface area (Å²) in [5.74, 6) is -0.333. The van der Waals surface area contributed by atoms with Gasteiger partial charge in [0.1, 0.15) is 5.71 Å². The van der Waals surface area contributed by atoms with Gasteiger partial charge in [-0.3, -0.25) is 4.79 Å². The number of rotatable bonds is 1. The number of nitrogens with zero attached hydrogens (tertiary/aromatic N) is 2. The van der Waals surface area contributed by atoms with Gasteiger partial charge in [-0.15, -0.1) is 0 Å². The normalized spacial score (nSPS) is 25.4. The Morgan fingerprint density at radius 3 is 2.35 bits per heavy atom. The van der Waals surface area contributed by atoms with E-state index in [1.165, 1.54) is 0 Å². The van der Waals surface area contributed by atoms with Gasteiger partial charge in [0.25, 0.3) is 0 Å². The quantitative estimate of drug-likeness (QED) is 0.572. The van der Waals surface area contributed by atoms with Crippen molar-refractivity contribution in [1.29, 1.82) is 0 Å². The minimum Gasteiger partial charge on any atom is -0.411 e. The minimum absolute atomic E-state index is 0.0277. The molecule has 0 aromatic heterocycles. The molecule has 0 saturated heterocycles. The highest BCUT2D eigenvalue weighted by atomic mass is 16.4. The summed E-state index contributed by atoms with van der Waals surface area (Å²) >= 11 is 0. The molecule has 0 radical (unpaired) electrons. The number of hydrogen-bond donors (Lipinski definition) is 2. The van der Waals surface area contributed by atoms with Crippen LogP contribution >= 0.6 is 0 Å². The first-order chi connectivity index (χ1) is 8.26. The Morgan fingerprint density at radius 1 is 1.06 bits per heavy atom. The van der Waals surface area contributed by atoms with Gasteiger partial charge >= 0.3 is 0 Å². The van der Waals surface area contributed by atoms with Gasteiger partial charge in [0, 0.05) is 12.8 Å². The summed E-state index contributed by atoms with van der Waals surface area (Å²) in [6, 6.07) is 9.54. The Hall–Kier alpha value is -2.17. The molecule has 1 fully saturated rings. The second kappa shape index (κ2) is 4.78. The van der Waals surface area contributed by atoms with E-state index in [0.29, 0.717) is 6.42 Å². The Morgan fingerprint density at radius 2 is 1.76 bits per heavy atom. The van der Waals surface area contributed by atoms with Crippen LogP contribution in [0.2, 0.25) is 0 Å². The van der Waals surface area contributed by atoms with Crippen molar-refractivity contribution in [3.8, 4) is 0 Å². The van der Waals surface area contributed by atoms with Crippen molar-refractivity contribution in [1.82, 2.24) is 0 Å². The molecule has 1 saturated carbocycles. The van der Waals surface area contributed by atoms with Crippen LogP contribution in [0.3, 0.4) is 0 Å². The molecule has 2 rings (SSSR count). The second-order valence-corrected chi connectivity index (χ2v) is 3.93. The van der Waals surface area contributed by atoms with E-state index in [0.717, 1.165) is 5.56 Å². The van der Waals surface area contributed by atoms with Crippen LogP contribution in [0.1, 0.15) is 24.3 Å². The molecular weight excluding hydrogens is 220 g/mol. The number of oxime groups is 2. The zero-order chi connectivity index (χ0) is 12.3. The van der Waals surface area contributed by atoms with Gasteiger partial charge in [0.15, 0.2) is 11.5 Å². The van der Waals surface area contributed by atoms with E-state index < -0.39 is 0 Å². The lowest BCUT2D eigenvalue weighted by Crippen LogP contribution is -2.33. The van der Waals surface area contributed by atoms with Gasteiger partial charge in [-0.1, -0.05) is 40.6 Å². The van der Waals surface area contributed by atoms with Crippen LogP contribution in [0.15, 0.2) is 40.6 Å². The molecule has 1 aliphatic carbocycles. The third-order valence-electron chi connectivity index (χ3n) is 2.90. The molecule has 2 N–H and O–H groups in total. The summed E-state index contributed by atoms with van der Waals surface area (Å²) in [5, 5.41) is 23.4. The number of hydrogen-bond acceptors (Lipinski definition) is 5. The fourth-order valence-corrected chi connectivity index (χ4v) is 2.05. The summed E-state index contributed by atoms with van der Waals surface area (Å²) in [4.78, 5) is 11.7. The summed E-state index contributed by atoms with van der Waals surface area (Å²) in [6.07, 6.45) is 0.661. The van der Waals surface area contributed by atoms with Crippen LogP contribution in [0, 0.1) is 0 Å². The molecule has 0 bridgehead atoms. The summed E-state index contributed by atoms with van der Waals surface area (Å²) in [6.45, 7) is 0. The van der Waals surface area contributed by atoms with E-state index in [-0.39, 0.29) is 29.5 Å². The number of Topliss-reactive ketones (excluding diaryl/α,β-unsaturated/α-hetero) is 1. The molecule has 0 heterocycles. The zero-order valence-corrected chi connectivity index (χ0v) is 9.08. The molecule has 5 heteroatoms. The molecule has 1 atom stereocenters. The fraction of sp³-hybridized carbons (Fsp3) is 0.250. The Kier molecular flexibility index (Phi) is 3.18. The molecule has 0 unspecified atom stereocenters. The van der Waals surface area contributed by atoms with E-state index in [9.17, 15) is 4.79 Å². The third kappa shape index (κ3) is 2.18. The van der Waals surface area contributed by atoms with Gasteiger partial charge in [0.2, 0.25) is 0 Å². The molecular formula is C12H12N2O3. The lowest BCUT2D eigenvalue weighted by molar-refractivity contribution is -0.113. The first-order valence-electron chi connectivity index (χ1n) is 5.27. The van der Waals surface area contributed by atoms with E-state index in [1.807, 2.05) is 30.3 Å². The molecule has 1 aromatic carbocycles. The summed E-state index contributed by atoms with van der Waals surface area (Å²) in [5.41, 5.74) is 1.01. The Bertz CT molecular complexity index is 480. The number of ketones is 1. The monoisotopic (exact) mass is 232 g/mol. The van der Waals surface area contributed by atoms with Gasteiger partial charge < -0.3 is 10.4 Å². The van der Waals surface area contributed by atoms with Crippen molar-refractivity contribution in [3.63, 3.8) is 0 Å². The molecule has 0 aliphatic heterocycles. The molecule has 1 aliphatic rings. The van der Waals surface area contributed by atoms with Gasteiger partial charge in [-0.2, -0.15) is 0 Å². The molecule has 17 heavy (non-hydrogen) atoms. The van der Waals surface area contributed by atoms with Crippen molar-refractivity contribution in [3.05, 3.63) is 35.9 Å². The maximum Gasteiger partial charge on any atom is 0.187 e. The van der Waals surface area contributed by atoms with Crippen LogP contribution in [0.4, 0.5) is 0 Å². The van der Waals surface area contributed by atoms with E-state index in [4.69, 9.17) is 10.4 Å². The van der Waals surface area contributed by atoms with Gasteiger partial charge in [0.05, 0.1) is 0 Å². The van der Waals surface area contributed by atoms with Gasteiger partial charge in [-0.25, -0.2) is 0 Å². The molecule has 88 valence electrons. The maximum absolute atomic E-state index is 11.7. The van der Waals surface area contributed by atoms with E-state index in [1.54, 1.807) is 0 Å². The predicted molar refractivity (Wildman–Crippen MR) is 61.9 cm³/mol. The Balaban J connectivity index is 2.29. The van der Waals surface area contributed by atoms with Crippen molar-refractivity contribution < 1.29 is 15.2 Å². The van der Waals surface area contributed by atoms with Crippen LogP contribution in [0.5, 0.6) is 0 Å². The fourth-order valence-electron chi connectivity index (χ4n) is 2.05. The van der Waals surface area contributed by atoms with Crippen LogP contribution in [0.25, 0.3) is 0 Å². The minimum atomic E-state index is -0.305.